The van der Waals surface area contributed by atoms with Crippen LogP contribution in [0.1, 0.15) is 32.4 Å². The van der Waals surface area contributed by atoms with Crippen LogP contribution in [0.2, 0.25) is 5.28 Å². The van der Waals surface area contributed by atoms with Gasteiger partial charge in [0.15, 0.2) is 6.20 Å². The highest BCUT2D eigenvalue weighted by molar-refractivity contribution is 7.86. The topological polar surface area (TPSA) is 72.2 Å². The van der Waals surface area contributed by atoms with Gasteiger partial charge in [0.1, 0.15) is 12.8 Å². The Morgan fingerprint density at radius 1 is 1.46 bits per heavy atom. The normalized spacial score (nSPS) is 13.7. The fraction of sp³-hybridized carbons (Fsp3) is 0.438. The van der Waals surface area contributed by atoms with Crippen LogP contribution in [0, 0.1) is 0 Å². The number of aromatic nitrogens is 2. The van der Waals surface area contributed by atoms with E-state index < -0.39 is 10.1 Å². The molecule has 0 atom stereocenters. The van der Waals surface area contributed by atoms with Gasteiger partial charge >= 0.3 is 0 Å². The first-order valence-electron chi connectivity index (χ1n) is 7.62. The van der Waals surface area contributed by atoms with Crippen LogP contribution in [0.3, 0.4) is 0 Å². The van der Waals surface area contributed by atoms with Gasteiger partial charge in [0, 0.05) is 30.7 Å². The third-order valence-electron chi connectivity index (χ3n) is 3.16. The van der Waals surface area contributed by atoms with Crippen LogP contribution in [0.15, 0.2) is 30.6 Å². The van der Waals surface area contributed by atoms with Gasteiger partial charge in [-0.3, -0.25) is 4.18 Å². The first-order valence-corrected chi connectivity index (χ1v) is 9.58. The fourth-order valence-electron chi connectivity index (χ4n) is 1.97. The standard InChI is InChI=1S/C16H23ClN3O3S/c1-4-10-20(11-6-13-24(21,22)23-3)12-8-14(5-2)15-7-9-18-16(17)19-15/h5,7-10,12H,4,6,11,13H2,1-3H3/q+1/b12-8-,14-5+,20-10?. The second kappa shape index (κ2) is 10.3. The summed E-state index contributed by atoms with van der Waals surface area (Å²) >= 11 is 5.82. The number of hydrogen-bond acceptors (Lipinski definition) is 5. The van der Waals surface area contributed by atoms with Crippen LogP contribution in [-0.4, -0.2) is 48.6 Å². The van der Waals surface area contributed by atoms with Crippen molar-refractivity contribution in [3.8, 4) is 0 Å². The van der Waals surface area contributed by atoms with Gasteiger partial charge in [-0.1, -0.05) is 13.0 Å². The molecular weight excluding hydrogens is 350 g/mol. The minimum atomic E-state index is -3.42. The molecule has 0 saturated carbocycles. The molecule has 0 saturated heterocycles. The smallest absolute Gasteiger partial charge is 0.267 e. The Morgan fingerprint density at radius 3 is 2.79 bits per heavy atom. The number of rotatable bonds is 9. The SMILES string of the molecule is C/C=C(\C=C/[N+](=CCC)CCCS(=O)(=O)OC)c1ccnc(Cl)n1. The average Bonchev–Trinajstić information content (AvgIpc) is 2.55. The Labute approximate surface area is 148 Å². The molecule has 0 aliphatic heterocycles. The summed E-state index contributed by atoms with van der Waals surface area (Å²) in [6.45, 7) is 4.51. The molecule has 0 spiro atoms. The molecule has 1 aromatic rings. The lowest BCUT2D eigenvalue weighted by molar-refractivity contribution is -0.452. The molecule has 0 amide bonds. The van der Waals surface area contributed by atoms with E-state index in [0.29, 0.717) is 13.0 Å². The molecule has 0 aliphatic carbocycles. The summed E-state index contributed by atoms with van der Waals surface area (Å²) in [7, 11) is -2.24. The Bertz CT molecular complexity index is 728. The molecule has 0 unspecified atom stereocenters. The molecule has 8 heteroatoms. The van der Waals surface area contributed by atoms with Crippen molar-refractivity contribution in [1.82, 2.24) is 9.97 Å². The van der Waals surface area contributed by atoms with E-state index in [4.69, 9.17) is 11.6 Å². The molecule has 24 heavy (non-hydrogen) atoms. The van der Waals surface area contributed by atoms with Crippen molar-refractivity contribution in [2.75, 3.05) is 19.4 Å². The number of nitrogens with zero attached hydrogens (tertiary/aromatic N) is 3. The fourth-order valence-corrected chi connectivity index (χ4v) is 2.77. The van der Waals surface area contributed by atoms with Gasteiger partial charge < -0.3 is 0 Å². The van der Waals surface area contributed by atoms with Crippen LogP contribution in [0.5, 0.6) is 0 Å². The summed E-state index contributed by atoms with van der Waals surface area (Å²) in [6, 6.07) is 1.78. The molecule has 0 aromatic carbocycles. The van der Waals surface area contributed by atoms with Crippen LogP contribution in [-0.2, 0) is 14.3 Å². The molecule has 0 radical (unpaired) electrons. The monoisotopic (exact) mass is 372 g/mol. The highest BCUT2D eigenvalue weighted by atomic mass is 35.5. The molecule has 132 valence electrons. The van der Waals surface area contributed by atoms with Gasteiger partial charge in [0.25, 0.3) is 10.1 Å². The van der Waals surface area contributed by atoms with Crippen molar-refractivity contribution >= 4 is 33.5 Å². The molecule has 0 bridgehead atoms. The summed E-state index contributed by atoms with van der Waals surface area (Å²) in [6.07, 6.45) is 10.6. The molecule has 1 aromatic heterocycles. The molecule has 6 nitrogen and oxygen atoms in total. The van der Waals surface area contributed by atoms with E-state index in [2.05, 4.69) is 14.2 Å². The maximum Gasteiger partial charge on any atom is 0.267 e. The van der Waals surface area contributed by atoms with Gasteiger partial charge in [0.2, 0.25) is 5.28 Å². The van der Waals surface area contributed by atoms with Crippen LogP contribution in [0.4, 0.5) is 0 Å². The van der Waals surface area contributed by atoms with Crippen molar-refractivity contribution in [3.63, 3.8) is 0 Å². The van der Waals surface area contributed by atoms with Crippen LogP contribution in [0.25, 0.3) is 5.57 Å². The number of hydrogen-bond donors (Lipinski definition) is 0. The zero-order chi connectivity index (χ0) is 18.0. The maximum atomic E-state index is 11.4. The second-order valence-corrected chi connectivity index (χ2v) is 7.08. The average molecular weight is 373 g/mol. The van der Waals surface area contributed by atoms with Crippen LogP contribution >= 0.6 is 11.6 Å². The van der Waals surface area contributed by atoms with Crippen molar-refractivity contribution in [2.24, 2.45) is 0 Å². The Kier molecular flexibility index (Phi) is 8.81. The Morgan fingerprint density at radius 2 is 2.21 bits per heavy atom. The summed E-state index contributed by atoms with van der Waals surface area (Å²) in [5.41, 5.74) is 1.63. The van der Waals surface area contributed by atoms with Crippen molar-refractivity contribution < 1.29 is 17.2 Å². The highest BCUT2D eigenvalue weighted by Gasteiger charge is 2.10. The Balaban J connectivity index is 2.80. The third-order valence-corrected chi connectivity index (χ3v) is 4.64. The van der Waals surface area contributed by atoms with Crippen LogP contribution < -0.4 is 0 Å². The lowest BCUT2D eigenvalue weighted by Gasteiger charge is -2.02. The van der Waals surface area contributed by atoms with Gasteiger partial charge in [-0.2, -0.15) is 8.42 Å². The molecule has 1 rings (SSSR count). The van der Waals surface area contributed by atoms with E-state index in [1.165, 1.54) is 7.11 Å². The van der Waals surface area contributed by atoms with E-state index in [9.17, 15) is 8.42 Å². The minimum Gasteiger partial charge on any atom is -0.273 e. The van der Waals surface area contributed by atoms with Gasteiger partial charge in [-0.15, -0.1) is 0 Å². The predicted octanol–water partition coefficient (Wildman–Crippen LogP) is 2.91. The predicted molar refractivity (Wildman–Crippen MR) is 96.7 cm³/mol. The third kappa shape index (κ3) is 7.33. The van der Waals surface area contributed by atoms with Crippen molar-refractivity contribution in [2.45, 2.75) is 26.7 Å². The van der Waals surface area contributed by atoms with Gasteiger partial charge in [-0.05, 0) is 24.6 Å². The largest absolute Gasteiger partial charge is 0.273 e. The first-order chi connectivity index (χ1) is 11.4. The molecular formula is C16H23ClN3O3S+. The van der Waals surface area contributed by atoms with E-state index in [0.717, 1.165) is 17.7 Å². The first kappa shape index (κ1) is 20.5. The number of allylic oxidation sites excluding steroid dienone is 3. The molecule has 0 aliphatic rings. The highest BCUT2D eigenvalue weighted by Crippen LogP contribution is 2.14. The summed E-state index contributed by atoms with van der Waals surface area (Å²) < 4.78 is 29.1. The lowest BCUT2D eigenvalue weighted by Crippen LogP contribution is -2.14. The Hall–Kier alpha value is -1.57. The number of halogens is 1. The van der Waals surface area contributed by atoms with Crippen molar-refractivity contribution in [3.05, 3.63) is 41.6 Å². The molecule has 0 N–H and O–H groups in total. The molecule has 1 heterocycles. The van der Waals surface area contributed by atoms with E-state index in [1.807, 2.05) is 43.0 Å². The van der Waals surface area contributed by atoms with E-state index >= 15 is 0 Å². The lowest BCUT2D eigenvalue weighted by atomic mass is 10.1. The summed E-state index contributed by atoms with van der Waals surface area (Å²) in [5, 5.41) is 0.196. The maximum absolute atomic E-state index is 11.4. The van der Waals surface area contributed by atoms with E-state index in [1.54, 1.807) is 12.3 Å². The van der Waals surface area contributed by atoms with Gasteiger partial charge in [-0.25, -0.2) is 14.5 Å². The zero-order valence-electron chi connectivity index (χ0n) is 14.1. The van der Waals surface area contributed by atoms with E-state index in [-0.39, 0.29) is 11.0 Å². The second-order valence-electron chi connectivity index (χ2n) is 4.88. The summed E-state index contributed by atoms with van der Waals surface area (Å²) in [5.74, 6) is -0.0105. The zero-order valence-corrected chi connectivity index (χ0v) is 15.7. The van der Waals surface area contributed by atoms with Gasteiger partial charge in [0.05, 0.1) is 18.6 Å². The quantitative estimate of drug-likeness (QED) is 0.219. The summed E-state index contributed by atoms with van der Waals surface area (Å²) in [4.78, 5) is 8.05. The molecule has 0 fully saturated rings. The van der Waals surface area contributed by atoms with Crippen molar-refractivity contribution in [1.29, 1.82) is 0 Å². The minimum absolute atomic E-state index is 0.0105.